The van der Waals surface area contributed by atoms with Gasteiger partial charge in [-0.1, -0.05) is 24.3 Å². The van der Waals surface area contributed by atoms with Crippen molar-refractivity contribution in [3.8, 4) is 0 Å². The molecular formula is C17H28N2O. The van der Waals surface area contributed by atoms with Crippen molar-refractivity contribution >= 4 is 0 Å². The van der Waals surface area contributed by atoms with Crippen LogP contribution >= 0.6 is 0 Å². The molecule has 1 aromatic carbocycles. The Labute approximate surface area is 123 Å². The summed E-state index contributed by atoms with van der Waals surface area (Å²) in [5.74, 6) is 0. The Morgan fingerprint density at radius 1 is 1.35 bits per heavy atom. The lowest BCUT2D eigenvalue weighted by molar-refractivity contribution is -0.140. The standard InChI is InChI=1S/C17H28N2O/c1-12-8-6-7-9-15(12)16(14(3)18)19-10-13(2)20-17(4,5)11-19/h6-9,13-14,16H,10-11,18H2,1-5H3. The molecule has 3 atom stereocenters. The van der Waals surface area contributed by atoms with Crippen molar-refractivity contribution in [2.75, 3.05) is 13.1 Å². The van der Waals surface area contributed by atoms with Gasteiger partial charge >= 0.3 is 0 Å². The Morgan fingerprint density at radius 2 is 2.00 bits per heavy atom. The van der Waals surface area contributed by atoms with Gasteiger partial charge in [0.25, 0.3) is 0 Å². The van der Waals surface area contributed by atoms with Crippen LogP contribution in [0, 0.1) is 6.92 Å². The summed E-state index contributed by atoms with van der Waals surface area (Å²) < 4.78 is 6.02. The Morgan fingerprint density at radius 3 is 2.55 bits per heavy atom. The molecule has 3 heteroatoms. The minimum atomic E-state index is -0.118. The summed E-state index contributed by atoms with van der Waals surface area (Å²) in [6.45, 7) is 12.6. The average Bonchev–Trinajstić information content (AvgIpc) is 2.28. The summed E-state index contributed by atoms with van der Waals surface area (Å²) in [5.41, 5.74) is 8.85. The lowest BCUT2D eigenvalue weighted by atomic mass is 9.92. The van der Waals surface area contributed by atoms with E-state index in [1.165, 1.54) is 11.1 Å². The third-order valence-electron chi connectivity index (χ3n) is 3.99. The Bertz CT molecular complexity index is 456. The van der Waals surface area contributed by atoms with Gasteiger partial charge in [-0.15, -0.1) is 0 Å². The van der Waals surface area contributed by atoms with E-state index < -0.39 is 0 Å². The van der Waals surface area contributed by atoms with Crippen molar-refractivity contribution in [2.24, 2.45) is 5.73 Å². The van der Waals surface area contributed by atoms with Gasteiger partial charge in [-0.25, -0.2) is 0 Å². The molecule has 0 radical (unpaired) electrons. The molecule has 0 amide bonds. The highest BCUT2D eigenvalue weighted by molar-refractivity contribution is 5.30. The zero-order chi connectivity index (χ0) is 14.9. The van der Waals surface area contributed by atoms with Gasteiger partial charge in [0.1, 0.15) is 0 Å². The van der Waals surface area contributed by atoms with E-state index in [1.807, 2.05) is 0 Å². The highest BCUT2D eigenvalue weighted by Crippen LogP contribution is 2.32. The Hall–Kier alpha value is -0.900. The fraction of sp³-hybridized carbons (Fsp3) is 0.647. The van der Waals surface area contributed by atoms with E-state index >= 15 is 0 Å². The fourth-order valence-electron chi connectivity index (χ4n) is 3.45. The molecule has 3 nitrogen and oxygen atoms in total. The molecule has 112 valence electrons. The zero-order valence-electron chi connectivity index (χ0n) is 13.4. The van der Waals surface area contributed by atoms with E-state index in [1.54, 1.807) is 0 Å². The lowest BCUT2D eigenvalue weighted by Gasteiger charge is -2.46. The molecule has 3 unspecified atom stereocenters. The summed E-state index contributed by atoms with van der Waals surface area (Å²) in [6, 6.07) is 8.91. The van der Waals surface area contributed by atoms with E-state index in [4.69, 9.17) is 10.5 Å². The Kier molecular flexibility index (Phi) is 4.52. The predicted octanol–water partition coefficient (Wildman–Crippen LogP) is 2.88. The first-order valence-corrected chi connectivity index (χ1v) is 7.53. The zero-order valence-corrected chi connectivity index (χ0v) is 13.4. The second-order valence-electron chi connectivity index (χ2n) is 6.78. The molecule has 1 aromatic rings. The van der Waals surface area contributed by atoms with Gasteiger partial charge < -0.3 is 10.5 Å². The highest BCUT2D eigenvalue weighted by Gasteiger charge is 2.36. The van der Waals surface area contributed by atoms with Crippen LogP contribution in [-0.2, 0) is 4.74 Å². The quantitative estimate of drug-likeness (QED) is 0.922. The van der Waals surface area contributed by atoms with E-state index in [0.717, 1.165) is 13.1 Å². The predicted molar refractivity (Wildman–Crippen MR) is 83.8 cm³/mol. The molecule has 1 fully saturated rings. The van der Waals surface area contributed by atoms with Gasteiger partial charge in [0.2, 0.25) is 0 Å². The van der Waals surface area contributed by atoms with Crippen molar-refractivity contribution in [1.82, 2.24) is 4.90 Å². The first kappa shape index (κ1) is 15.5. The fourth-order valence-corrected chi connectivity index (χ4v) is 3.45. The van der Waals surface area contributed by atoms with E-state index in [0.29, 0.717) is 0 Å². The lowest BCUT2D eigenvalue weighted by Crippen LogP contribution is -2.55. The number of benzene rings is 1. The molecule has 2 N–H and O–H groups in total. The van der Waals surface area contributed by atoms with Gasteiger partial charge in [-0.05, 0) is 45.7 Å². The van der Waals surface area contributed by atoms with Gasteiger partial charge in [0, 0.05) is 19.1 Å². The van der Waals surface area contributed by atoms with Crippen LogP contribution in [0.1, 0.15) is 44.9 Å². The summed E-state index contributed by atoms with van der Waals surface area (Å²) in [4.78, 5) is 2.49. The number of ether oxygens (including phenoxy) is 1. The SMILES string of the molecule is Cc1ccccc1C(C(C)N)N1CC(C)OC(C)(C)C1. The Balaban J connectivity index is 2.32. The minimum absolute atomic E-state index is 0.0946. The van der Waals surface area contributed by atoms with Crippen LogP contribution in [0.4, 0.5) is 0 Å². The van der Waals surface area contributed by atoms with Crippen LogP contribution in [0.25, 0.3) is 0 Å². The third kappa shape index (κ3) is 3.40. The largest absolute Gasteiger partial charge is 0.370 e. The second kappa shape index (κ2) is 5.84. The number of morpholine rings is 1. The number of rotatable bonds is 3. The molecule has 0 bridgehead atoms. The van der Waals surface area contributed by atoms with Gasteiger partial charge in [0.15, 0.2) is 0 Å². The third-order valence-corrected chi connectivity index (χ3v) is 3.99. The summed E-state index contributed by atoms with van der Waals surface area (Å²) in [7, 11) is 0. The molecule has 1 aliphatic rings. The minimum Gasteiger partial charge on any atom is -0.370 e. The van der Waals surface area contributed by atoms with Crippen molar-refractivity contribution in [1.29, 1.82) is 0 Å². The summed E-state index contributed by atoms with van der Waals surface area (Å²) in [5, 5.41) is 0. The van der Waals surface area contributed by atoms with Gasteiger partial charge in [-0.2, -0.15) is 0 Å². The van der Waals surface area contributed by atoms with E-state index in [9.17, 15) is 0 Å². The second-order valence-corrected chi connectivity index (χ2v) is 6.78. The maximum Gasteiger partial charge on any atom is 0.0757 e. The van der Waals surface area contributed by atoms with Crippen LogP contribution < -0.4 is 5.73 Å². The number of nitrogens with two attached hydrogens (primary N) is 1. The molecular weight excluding hydrogens is 248 g/mol. The number of nitrogens with zero attached hydrogens (tertiary/aromatic N) is 1. The van der Waals surface area contributed by atoms with Crippen molar-refractivity contribution < 1.29 is 4.74 Å². The first-order chi connectivity index (χ1) is 9.30. The van der Waals surface area contributed by atoms with Crippen LogP contribution in [0.5, 0.6) is 0 Å². The maximum absolute atomic E-state index is 6.32. The highest BCUT2D eigenvalue weighted by atomic mass is 16.5. The van der Waals surface area contributed by atoms with Crippen molar-refractivity contribution in [3.05, 3.63) is 35.4 Å². The summed E-state index contributed by atoms with van der Waals surface area (Å²) in [6.07, 6.45) is 0.240. The van der Waals surface area contributed by atoms with Crippen LogP contribution in [-0.4, -0.2) is 35.7 Å². The molecule has 0 saturated carbocycles. The normalized spacial score (nSPS) is 26.2. The smallest absolute Gasteiger partial charge is 0.0757 e. The van der Waals surface area contributed by atoms with Crippen LogP contribution in [0.3, 0.4) is 0 Å². The molecule has 0 spiro atoms. The molecule has 1 saturated heterocycles. The maximum atomic E-state index is 6.32. The number of aryl methyl sites for hydroxylation is 1. The van der Waals surface area contributed by atoms with Crippen LogP contribution in [0.15, 0.2) is 24.3 Å². The monoisotopic (exact) mass is 276 g/mol. The average molecular weight is 276 g/mol. The van der Waals surface area contributed by atoms with Crippen molar-refractivity contribution in [2.45, 2.75) is 58.4 Å². The number of hydrogen-bond acceptors (Lipinski definition) is 3. The van der Waals surface area contributed by atoms with Gasteiger partial charge in [-0.3, -0.25) is 4.90 Å². The van der Waals surface area contributed by atoms with Gasteiger partial charge in [0.05, 0.1) is 17.7 Å². The van der Waals surface area contributed by atoms with E-state index in [2.05, 4.69) is 63.8 Å². The molecule has 2 rings (SSSR count). The molecule has 1 aliphatic heterocycles. The van der Waals surface area contributed by atoms with Crippen molar-refractivity contribution in [3.63, 3.8) is 0 Å². The molecule has 0 aromatic heterocycles. The molecule has 0 aliphatic carbocycles. The summed E-state index contributed by atoms with van der Waals surface area (Å²) >= 11 is 0. The molecule has 20 heavy (non-hydrogen) atoms. The number of hydrogen-bond donors (Lipinski definition) is 1. The topological polar surface area (TPSA) is 38.5 Å². The molecule has 1 heterocycles. The van der Waals surface area contributed by atoms with Crippen LogP contribution in [0.2, 0.25) is 0 Å². The first-order valence-electron chi connectivity index (χ1n) is 7.53. The van der Waals surface area contributed by atoms with E-state index in [-0.39, 0.29) is 23.8 Å².